The molecule has 11 heteroatoms. The zero-order chi connectivity index (χ0) is 36.9. The Morgan fingerprint density at radius 2 is 1.69 bits per heavy atom. The van der Waals surface area contributed by atoms with E-state index in [0.717, 1.165) is 90.7 Å². The van der Waals surface area contributed by atoms with Crippen LogP contribution >= 0.6 is 0 Å². The van der Waals surface area contributed by atoms with E-state index in [2.05, 4.69) is 49.3 Å². The number of carbonyl (C=O) groups excluding carboxylic acids is 2. The summed E-state index contributed by atoms with van der Waals surface area (Å²) in [5, 5.41) is 1.71. The molecule has 1 saturated carbocycles. The Bertz CT molecular complexity index is 2530. The fourth-order valence-electron chi connectivity index (χ4n) is 10.2. The van der Waals surface area contributed by atoms with Crippen molar-refractivity contribution in [2.45, 2.75) is 74.4 Å². The number of para-hydroxylation sites is 1. The van der Waals surface area contributed by atoms with E-state index in [4.69, 9.17) is 4.74 Å². The lowest BCUT2D eigenvalue weighted by Gasteiger charge is -2.41. The first-order valence-corrected chi connectivity index (χ1v) is 20.7. The molecule has 5 heterocycles. The van der Waals surface area contributed by atoms with Crippen molar-refractivity contribution in [2.24, 2.45) is 5.41 Å². The molecule has 2 aromatic heterocycles. The molecule has 3 aliphatic heterocycles. The van der Waals surface area contributed by atoms with E-state index in [0.29, 0.717) is 23.4 Å². The number of hydrogen-bond acceptors (Lipinski definition) is 7. The van der Waals surface area contributed by atoms with E-state index in [-0.39, 0.29) is 28.4 Å². The number of rotatable bonds is 6. The molecule has 54 heavy (non-hydrogen) atoms. The Balaban J connectivity index is 1.12. The summed E-state index contributed by atoms with van der Waals surface area (Å²) in [6.07, 6.45) is 11.3. The van der Waals surface area contributed by atoms with Crippen LogP contribution in [0.2, 0.25) is 0 Å². The van der Waals surface area contributed by atoms with Crippen molar-refractivity contribution < 1.29 is 22.7 Å². The van der Waals surface area contributed by atoms with Crippen LogP contribution in [0.5, 0.6) is 5.75 Å². The van der Waals surface area contributed by atoms with Gasteiger partial charge in [0.15, 0.2) is 0 Å². The van der Waals surface area contributed by atoms with Crippen LogP contribution in [-0.4, -0.2) is 78.9 Å². The molecule has 10 nitrogen and oxygen atoms in total. The van der Waals surface area contributed by atoms with Crippen molar-refractivity contribution in [2.75, 3.05) is 27.2 Å². The predicted molar refractivity (Wildman–Crippen MR) is 208 cm³/mol. The zero-order valence-corrected chi connectivity index (χ0v) is 31.4. The number of carbonyl (C=O) groups is 2. The minimum atomic E-state index is -4.26. The maximum Gasteiger partial charge on any atom is 0.266 e. The van der Waals surface area contributed by atoms with Crippen molar-refractivity contribution in [3.05, 3.63) is 95.7 Å². The number of benzene rings is 3. The largest absolute Gasteiger partial charge is 0.497 e. The van der Waals surface area contributed by atoms with Crippen molar-refractivity contribution in [3.63, 3.8) is 0 Å². The highest BCUT2D eigenvalue weighted by atomic mass is 32.2. The van der Waals surface area contributed by atoms with Crippen molar-refractivity contribution in [1.82, 2.24) is 24.1 Å². The predicted octanol–water partition coefficient (Wildman–Crippen LogP) is 6.73. The van der Waals surface area contributed by atoms with Gasteiger partial charge in [-0.3, -0.25) is 14.6 Å². The van der Waals surface area contributed by atoms with E-state index in [9.17, 15) is 13.2 Å². The maximum atomic E-state index is 15.1. The smallest absolute Gasteiger partial charge is 0.266 e. The molecule has 5 aliphatic rings. The first-order valence-electron chi connectivity index (χ1n) is 19.2. The SMILES string of the molecule is COc1ccc2c(c1)C1=CC1(C(=O)N1C3CCC1CN(C)C3)Cn1c-2c(C2CCCCC2)c2ccc(C(=O)NS(=O)(=O)c3cccc4cccnc34)cc21. The number of methoxy groups -OCH3 is 1. The highest BCUT2D eigenvalue weighted by Crippen LogP contribution is 2.61. The highest BCUT2D eigenvalue weighted by Gasteiger charge is 2.59. The van der Waals surface area contributed by atoms with Gasteiger partial charge in [0.25, 0.3) is 15.9 Å². The molecule has 3 aromatic carbocycles. The summed E-state index contributed by atoms with van der Waals surface area (Å²) >= 11 is 0. The van der Waals surface area contributed by atoms with Gasteiger partial charge >= 0.3 is 0 Å². The zero-order valence-electron chi connectivity index (χ0n) is 30.5. The summed E-state index contributed by atoms with van der Waals surface area (Å²) in [6, 6.07) is 20.6. The molecular formula is C43H43N5O5S. The monoisotopic (exact) mass is 741 g/mol. The third-order valence-corrected chi connectivity index (χ3v) is 14.1. The van der Waals surface area contributed by atoms with Crippen LogP contribution in [0.15, 0.2) is 83.9 Å². The molecule has 1 N–H and O–H groups in total. The maximum absolute atomic E-state index is 15.1. The quantitative estimate of drug-likeness (QED) is 0.205. The van der Waals surface area contributed by atoms with Crippen LogP contribution in [0.3, 0.4) is 0 Å². The molecule has 3 atom stereocenters. The number of likely N-dealkylation sites (N-methyl/N-ethyl adjacent to an activating group) is 1. The molecular weight excluding hydrogens is 699 g/mol. The first-order chi connectivity index (χ1) is 26.2. The molecule has 2 aliphatic carbocycles. The Hall–Kier alpha value is -5.00. The second-order valence-electron chi connectivity index (χ2n) is 15.9. The molecule has 2 bridgehead atoms. The van der Waals surface area contributed by atoms with Crippen molar-refractivity contribution in [1.29, 1.82) is 0 Å². The van der Waals surface area contributed by atoms with E-state index in [1.165, 1.54) is 18.1 Å². The van der Waals surface area contributed by atoms with Crippen molar-refractivity contribution in [3.8, 4) is 17.0 Å². The van der Waals surface area contributed by atoms with Gasteiger partial charge in [-0.25, -0.2) is 13.1 Å². The van der Waals surface area contributed by atoms with Gasteiger partial charge in [-0.2, -0.15) is 0 Å². The van der Waals surface area contributed by atoms with Gasteiger partial charge in [-0.1, -0.05) is 49.6 Å². The van der Waals surface area contributed by atoms with Gasteiger partial charge in [-0.05, 0) is 97.8 Å². The Morgan fingerprint density at radius 1 is 0.907 bits per heavy atom. The minimum Gasteiger partial charge on any atom is -0.497 e. The third kappa shape index (κ3) is 5.07. The number of fused-ring (bicyclic) bond motifs is 10. The topological polar surface area (TPSA) is 114 Å². The van der Waals surface area contributed by atoms with E-state index >= 15 is 4.79 Å². The second kappa shape index (κ2) is 12.3. The molecule has 0 spiro atoms. The van der Waals surface area contributed by atoms with Crippen LogP contribution in [0.1, 0.15) is 72.3 Å². The van der Waals surface area contributed by atoms with Crippen LogP contribution in [-0.2, 0) is 21.4 Å². The number of hydrogen-bond donors (Lipinski definition) is 1. The van der Waals surface area contributed by atoms with Gasteiger partial charge in [0, 0.05) is 65.3 Å². The second-order valence-corrected chi connectivity index (χ2v) is 17.6. The number of aromatic nitrogens is 2. The fourth-order valence-corrected chi connectivity index (χ4v) is 11.4. The molecule has 5 aromatic rings. The van der Waals surface area contributed by atoms with Gasteiger partial charge in [0.05, 0.1) is 18.3 Å². The van der Waals surface area contributed by atoms with E-state index < -0.39 is 21.3 Å². The summed E-state index contributed by atoms with van der Waals surface area (Å²) in [7, 11) is -0.439. The number of nitrogens with zero attached hydrogens (tertiary/aromatic N) is 4. The standard InChI is InChI=1S/C43H43N5O5S/c1-46-23-29-14-15-30(24-46)48(29)42(50)43-22-35(43)34-21-31(53-2)16-18-32(34)40-38(26-8-4-3-5-9-26)33-17-13-28(20-36(33)47(40)25-43)41(49)45-54(51,52)37-12-6-10-27-11-7-19-44-39(27)37/h6-7,10-13,16-22,26,29-30H,3-5,8-9,14-15,23-25H2,1-2H3,(H,45,49). The lowest BCUT2D eigenvalue weighted by atomic mass is 9.81. The number of amides is 2. The first kappa shape index (κ1) is 33.6. The molecule has 3 unspecified atom stereocenters. The lowest BCUT2D eigenvalue weighted by Crippen LogP contribution is -2.57. The third-order valence-electron chi connectivity index (χ3n) is 12.7. The highest BCUT2D eigenvalue weighted by molar-refractivity contribution is 7.90. The Morgan fingerprint density at radius 3 is 2.46 bits per heavy atom. The Labute approximate surface area is 314 Å². The van der Waals surface area contributed by atoms with Gasteiger partial charge < -0.3 is 19.1 Å². The Kier molecular flexibility index (Phi) is 7.62. The summed E-state index contributed by atoms with van der Waals surface area (Å²) in [4.78, 5) is 37.8. The van der Waals surface area contributed by atoms with Crippen LogP contribution in [0.4, 0.5) is 0 Å². The van der Waals surface area contributed by atoms with Crippen LogP contribution < -0.4 is 9.46 Å². The minimum absolute atomic E-state index is 0.0520. The number of likely N-dealkylation sites (tertiary alicyclic amines) is 1. The average molecular weight is 742 g/mol. The molecule has 276 valence electrons. The molecule has 10 rings (SSSR count). The number of pyridine rings is 1. The number of piperazine rings is 1. The normalized spacial score (nSPS) is 23.7. The van der Waals surface area contributed by atoms with Gasteiger partial charge in [0.2, 0.25) is 5.91 Å². The average Bonchev–Trinajstić information content (AvgIpc) is 3.77. The van der Waals surface area contributed by atoms with E-state index in [1.807, 2.05) is 18.2 Å². The van der Waals surface area contributed by atoms with E-state index in [1.54, 1.807) is 43.6 Å². The summed E-state index contributed by atoms with van der Waals surface area (Å²) < 4.78 is 37.8. The number of ether oxygens (including phenoxy) is 1. The number of sulfonamides is 1. The van der Waals surface area contributed by atoms with Crippen LogP contribution in [0.25, 0.3) is 38.6 Å². The molecule has 3 fully saturated rings. The van der Waals surface area contributed by atoms with Gasteiger partial charge in [-0.15, -0.1) is 0 Å². The van der Waals surface area contributed by atoms with Gasteiger partial charge in [0.1, 0.15) is 16.1 Å². The fraction of sp³-hybridized carbons (Fsp3) is 0.372. The molecule has 2 amide bonds. The summed E-state index contributed by atoms with van der Waals surface area (Å²) in [5.74, 6) is 0.496. The lowest BCUT2D eigenvalue weighted by molar-refractivity contribution is -0.141. The van der Waals surface area contributed by atoms with Crippen LogP contribution in [0, 0.1) is 5.41 Å². The number of nitrogens with one attached hydrogen (secondary N) is 1. The molecule has 0 radical (unpaired) electrons. The summed E-state index contributed by atoms with van der Waals surface area (Å²) in [6.45, 7) is 2.16. The molecule has 2 saturated heterocycles. The van der Waals surface area contributed by atoms with Crippen molar-refractivity contribution >= 4 is 49.2 Å². The summed E-state index contributed by atoms with van der Waals surface area (Å²) in [5.41, 5.74) is 5.99.